The van der Waals surface area contributed by atoms with Gasteiger partial charge in [0.05, 0.1) is 11.4 Å². The van der Waals surface area contributed by atoms with Crippen LogP contribution in [0, 0.1) is 0 Å². The molecule has 2 aliphatic heterocycles. The molecule has 0 saturated carbocycles. The van der Waals surface area contributed by atoms with Crippen molar-refractivity contribution in [1.82, 2.24) is 0 Å². The van der Waals surface area contributed by atoms with Gasteiger partial charge in [0, 0.05) is 29.0 Å². The van der Waals surface area contributed by atoms with Crippen molar-refractivity contribution in [2.24, 2.45) is 0 Å². The zero-order valence-corrected chi connectivity index (χ0v) is 32.0. The van der Waals surface area contributed by atoms with Crippen LogP contribution in [0.15, 0.2) is 176 Å². The lowest BCUT2D eigenvalue weighted by molar-refractivity contribution is 0.659. The van der Waals surface area contributed by atoms with E-state index in [4.69, 9.17) is 0 Å². The van der Waals surface area contributed by atoms with Crippen LogP contribution < -0.4 is 9.80 Å². The molecule has 0 spiro atoms. The van der Waals surface area contributed by atoms with Gasteiger partial charge in [-0.1, -0.05) is 154 Å². The molecule has 0 amide bonds. The largest absolute Gasteiger partial charge is 0.341 e. The molecule has 2 heteroatoms. The Labute approximate surface area is 326 Å². The van der Waals surface area contributed by atoms with Crippen LogP contribution >= 0.6 is 0 Å². The van der Waals surface area contributed by atoms with E-state index in [9.17, 15) is 0 Å². The van der Waals surface area contributed by atoms with Crippen LogP contribution in [-0.2, 0) is 11.8 Å². The molecule has 1 aliphatic carbocycles. The fraction of sp³-hybridized carbons (Fsp3) is 0.132. The quantitative estimate of drug-likeness (QED) is 0.152. The standard InChI is InChI=1S/C53H46N2/c1-5-12-51-39(6-2)25-26-43-14-8-10-17-52(43)55(51)44-29-27-41(28-30-44)40-23-20-37(21-24-40)18-19-38-22-32-46-47-33-31-45(36-49(47)53(3,4)48(46)35-38)54-34-11-15-42-13-7-9-16-50(42)54/h5-10,12-14,16-33,35-36H,2,11,15,34H2,1,3-4H3. The molecule has 55 heavy (non-hydrogen) atoms. The zero-order valence-electron chi connectivity index (χ0n) is 32.0. The van der Waals surface area contributed by atoms with Crippen molar-refractivity contribution in [2.75, 3.05) is 16.3 Å². The molecule has 268 valence electrons. The monoisotopic (exact) mass is 710 g/mol. The first kappa shape index (κ1) is 34.4. The maximum atomic E-state index is 4.11. The van der Waals surface area contributed by atoms with Gasteiger partial charge in [-0.05, 0) is 123 Å². The summed E-state index contributed by atoms with van der Waals surface area (Å²) in [5.41, 5.74) is 20.0. The van der Waals surface area contributed by atoms with Crippen molar-refractivity contribution < 1.29 is 0 Å². The lowest BCUT2D eigenvalue weighted by atomic mass is 9.81. The van der Waals surface area contributed by atoms with Gasteiger partial charge in [-0.25, -0.2) is 0 Å². The van der Waals surface area contributed by atoms with Gasteiger partial charge in [0.1, 0.15) is 0 Å². The van der Waals surface area contributed by atoms with E-state index < -0.39 is 0 Å². The van der Waals surface area contributed by atoms with E-state index >= 15 is 0 Å². The molecule has 0 fully saturated rings. The molecule has 0 saturated heterocycles. The highest BCUT2D eigenvalue weighted by molar-refractivity contribution is 5.86. The zero-order chi connectivity index (χ0) is 37.5. The predicted octanol–water partition coefficient (Wildman–Crippen LogP) is 14.1. The first-order chi connectivity index (χ1) is 26.9. The number of rotatable bonds is 7. The van der Waals surface area contributed by atoms with Gasteiger partial charge in [-0.15, -0.1) is 0 Å². The van der Waals surface area contributed by atoms with Gasteiger partial charge >= 0.3 is 0 Å². The van der Waals surface area contributed by atoms with Gasteiger partial charge in [0.25, 0.3) is 0 Å². The molecular formula is C53H46N2. The molecule has 2 nitrogen and oxygen atoms in total. The summed E-state index contributed by atoms with van der Waals surface area (Å²) in [4.78, 5) is 4.84. The van der Waals surface area contributed by atoms with E-state index in [0.29, 0.717) is 0 Å². The number of anilines is 4. The Bertz CT molecular complexity index is 2560. The fourth-order valence-electron chi connectivity index (χ4n) is 8.73. The molecule has 9 rings (SSSR count). The summed E-state index contributed by atoms with van der Waals surface area (Å²) in [6.07, 6.45) is 17.3. The van der Waals surface area contributed by atoms with E-state index in [-0.39, 0.29) is 5.41 Å². The highest BCUT2D eigenvalue weighted by atomic mass is 15.2. The lowest BCUT2D eigenvalue weighted by Gasteiger charge is -2.32. The first-order valence-corrected chi connectivity index (χ1v) is 19.5. The minimum atomic E-state index is -0.0803. The topological polar surface area (TPSA) is 6.48 Å². The second kappa shape index (κ2) is 14.1. The number of hydrogen-bond acceptors (Lipinski definition) is 2. The molecule has 0 N–H and O–H groups in total. The smallest absolute Gasteiger partial charge is 0.0534 e. The molecule has 0 aromatic heterocycles. The molecule has 0 atom stereocenters. The minimum Gasteiger partial charge on any atom is -0.341 e. The van der Waals surface area contributed by atoms with Crippen LogP contribution in [0.4, 0.5) is 22.7 Å². The number of fused-ring (bicyclic) bond motifs is 5. The van der Waals surface area contributed by atoms with Crippen molar-refractivity contribution in [3.05, 3.63) is 209 Å². The van der Waals surface area contributed by atoms with E-state index in [2.05, 4.69) is 207 Å². The van der Waals surface area contributed by atoms with Gasteiger partial charge in [0.2, 0.25) is 0 Å². The van der Waals surface area contributed by atoms with Crippen LogP contribution in [0.5, 0.6) is 0 Å². The van der Waals surface area contributed by atoms with Gasteiger partial charge in [-0.3, -0.25) is 0 Å². The average Bonchev–Trinajstić information content (AvgIpc) is 3.34. The predicted molar refractivity (Wildman–Crippen MR) is 236 cm³/mol. The van der Waals surface area contributed by atoms with Crippen LogP contribution in [0.1, 0.15) is 60.6 Å². The van der Waals surface area contributed by atoms with Crippen molar-refractivity contribution in [2.45, 2.75) is 39.0 Å². The SMILES string of the molecule is C=CC1=C(C=CC)N(c2ccc(-c3ccc(C=Cc4ccc5c(c4)C(C)(C)c4cc(N6CCCc7ccccc76)ccc4-5)cc3)cc2)c2ccccc2C=C1. The van der Waals surface area contributed by atoms with Crippen molar-refractivity contribution in [1.29, 1.82) is 0 Å². The van der Waals surface area contributed by atoms with Crippen LogP contribution in [0.25, 0.3) is 40.5 Å². The van der Waals surface area contributed by atoms with E-state index in [1.807, 2.05) is 6.08 Å². The number of nitrogens with zero attached hydrogens (tertiary/aromatic N) is 2. The number of aryl methyl sites for hydroxylation is 1. The first-order valence-electron chi connectivity index (χ1n) is 19.5. The van der Waals surface area contributed by atoms with Crippen LogP contribution in [-0.4, -0.2) is 6.54 Å². The Kier molecular flexibility index (Phi) is 8.83. The fourth-order valence-corrected chi connectivity index (χ4v) is 8.73. The van der Waals surface area contributed by atoms with Gasteiger partial charge in [-0.2, -0.15) is 0 Å². The number of benzene rings is 6. The minimum absolute atomic E-state index is 0.0803. The summed E-state index contributed by atoms with van der Waals surface area (Å²) in [6, 6.07) is 49.3. The van der Waals surface area contributed by atoms with Gasteiger partial charge in [0.15, 0.2) is 0 Å². The third kappa shape index (κ3) is 6.18. The average molecular weight is 711 g/mol. The number of para-hydroxylation sites is 2. The van der Waals surface area contributed by atoms with E-state index in [1.54, 1.807) is 0 Å². The summed E-state index contributed by atoms with van der Waals surface area (Å²) in [5.74, 6) is 0. The third-order valence-electron chi connectivity index (χ3n) is 11.6. The second-order valence-electron chi connectivity index (χ2n) is 15.3. The highest BCUT2D eigenvalue weighted by Crippen LogP contribution is 2.51. The van der Waals surface area contributed by atoms with E-state index in [0.717, 1.165) is 35.6 Å². The van der Waals surface area contributed by atoms with Crippen molar-refractivity contribution in [3.8, 4) is 22.3 Å². The van der Waals surface area contributed by atoms with Crippen LogP contribution in [0.3, 0.4) is 0 Å². The Hall–Kier alpha value is -6.38. The summed E-state index contributed by atoms with van der Waals surface area (Å²) in [5, 5.41) is 0. The summed E-state index contributed by atoms with van der Waals surface area (Å²) in [6.45, 7) is 12.0. The number of hydrogen-bond donors (Lipinski definition) is 0. The Morgan fingerprint density at radius 2 is 1.25 bits per heavy atom. The van der Waals surface area contributed by atoms with Crippen LogP contribution in [0.2, 0.25) is 0 Å². The molecule has 0 radical (unpaired) electrons. The molecule has 0 unspecified atom stereocenters. The molecule has 2 heterocycles. The normalized spacial score (nSPS) is 15.5. The maximum absolute atomic E-state index is 4.11. The Morgan fingerprint density at radius 3 is 2.02 bits per heavy atom. The summed E-state index contributed by atoms with van der Waals surface area (Å²) in [7, 11) is 0. The lowest BCUT2D eigenvalue weighted by Crippen LogP contribution is -2.25. The highest BCUT2D eigenvalue weighted by Gasteiger charge is 2.36. The molecule has 6 aromatic rings. The summed E-state index contributed by atoms with van der Waals surface area (Å²) < 4.78 is 0. The number of allylic oxidation sites excluding steroid dienone is 5. The Balaban J connectivity index is 0.936. The van der Waals surface area contributed by atoms with Crippen molar-refractivity contribution >= 4 is 41.0 Å². The van der Waals surface area contributed by atoms with Crippen molar-refractivity contribution in [3.63, 3.8) is 0 Å². The molecule has 3 aliphatic rings. The molecule has 0 bridgehead atoms. The Morgan fingerprint density at radius 1 is 0.618 bits per heavy atom. The molecule has 6 aromatic carbocycles. The summed E-state index contributed by atoms with van der Waals surface area (Å²) >= 11 is 0. The molecular weight excluding hydrogens is 665 g/mol. The van der Waals surface area contributed by atoms with Gasteiger partial charge < -0.3 is 9.80 Å². The van der Waals surface area contributed by atoms with E-state index in [1.165, 1.54) is 73.4 Å². The second-order valence-corrected chi connectivity index (χ2v) is 15.3. The third-order valence-corrected chi connectivity index (χ3v) is 11.6. The maximum Gasteiger partial charge on any atom is 0.0534 e.